The van der Waals surface area contributed by atoms with Crippen LogP contribution in [0.4, 0.5) is 17.1 Å². The Morgan fingerprint density at radius 2 is 1.68 bits per heavy atom. The van der Waals surface area contributed by atoms with Gasteiger partial charge < -0.3 is 25.8 Å². The van der Waals surface area contributed by atoms with E-state index in [1.807, 2.05) is 12.1 Å². The summed E-state index contributed by atoms with van der Waals surface area (Å²) < 4.78 is 0. The third-order valence-electron chi connectivity index (χ3n) is 5.86. The Labute approximate surface area is 184 Å². The predicted molar refractivity (Wildman–Crippen MR) is 127 cm³/mol. The molecule has 166 valence electrons. The van der Waals surface area contributed by atoms with E-state index in [-0.39, 0.29) is 11.8 Å². The van der Waals surface area contributed by atoms with Crippen molar-refractivity contribution in [3.8, 4) is 0 Å². The fourth-order valence-corrected chi connectivity index (χ4v) is 3.87. The number of carbonyl (C=O) groups is 2. The summed E-state index contributed by atoms with van der Waals surface area (Å²) >= 11 is 0. The monoisotopic (exact) mass is 423 g/mol. The highest BCUT2D eigenvalue weighted by Crippen LogP contribution is 2.27. The first-order chi connectivity index (χ1) is 14.9. The van der Waals surface area contributed by atoms with Gasteiger partial charge in [-0.3, -0.25) is 9.59 Å². The molecule has 0 aromatic heterocycles. The summed E-state index contributed by atoms with van der Waals surface area (Å²) in [7, 11) is 1.75. The summed E-state index contributed by atoms with van der Waals surface area (Å²) in [5, 5.41) is 2.90. The van der Waals surface area contributed by atoms with Crippen molar-refractivity contribution < 1.29 is 9.59 Å². The summed E-state index contributed by atoms with van der Waals surface area (Å²) in [6, 6.07) is 14.0. The Kier molecular flexibility index (Phi) is 7.39. The minimum atomic E-state index is -0.145. The molecule has 0 bridgehead atoms. The van der Waals surface area contributed by atoms with E-state index >= 15 is 0 Å². The number of anilines is 3. The van der Waals surface area contributed by atoms with Crippen molar-refractivity contribution in [1.29, 1.82) is 0 Å². The zero-order valence-corrected chi connectivity index (χ0v) is 18.7. The van der Waals surface area contributed by atoms with Crippen molar-refractivity contribution in [3.05, 3.63) is 53.6 Å². The molecule has 1 fully saturated rings. The van der Waals surface area contributed by atoms with Crippen molar-refractivity contribution in [1.82, 2.24) is 10.2 Å². The number of para-hydroxylation sites is 1. The number of hydrogen-bond acceptors (Lipinski definition) is 5. The van der Waals surface area contributed by atoms with Crippen LogP contribution in [0.1, 0.15) is 29.3 Å². The normalized spacial score (nSPS) is 13.8. The summed E-state index contributed by atoms with van der Waals surface area (Å²) in [4.78, 5) is 30.0. The van der Waals surface area contributed by atoms with Gasteiger partial charge in [-0.25, -0.2) is 0 Å². The van der Waals surface area contributed by atoms with Crippen LogP contribution in [-0.2, 0) is 4.79 Å². The first kappa shape index (κ1) is 22.5. The molecular formula is C24H33N5O2. The number of aryl methyl sites for hydroxylation is 1. The van der Waals surface area contributed by atoms with Crippen LogP contribution in [0, 0.1) is 6.92 Å². The van der Waals surface area contributed by atoms with Gasteiger partial charge in [0.1, 0.15) is 0 Å². The Morgan fingerprint density at radius 1 is 1.03 bits per heavy atom. The number of benzene rings is 2. The van der Waals surface area contributed by atoms with Crippen LogP contribution in [-0.4, -0.2) is 63.0 Å². The zero-order valence-electron chi connectivity index (χ0n) is 18.7. The number of nitrogens with zero attached hydrogens (tertiary/aromatic N) is 3. The van der Waals surface area contributed by atoms with E-state index in [0.29, 0.717) is 30.8 Å². The molecule has 7 nitrogen and oxygen atoms in total. The molecular weight excluding hydrogens is 390 g/mol. The first-order valence-corrected chi connectivity index (χ1v) is 10.8. The average molecular weight is 424 g/mol. The van der Waals surface area contributed by atoms with E-state index in [0.717, 1.165) is 31.9 Å². The molecule has 2 aromatic carbocycles. The second kappa shape index (κ2) is 10.2. The number of amides is 2. The summed E-state index contributed by atoms with van der Waals surface area (Å²) in [5.41, 5.74) is 11.0. The summed E-state index contributed by atoms with van der Waals surface area (Å²) in [6.45, 7) is 8.44. The van der Waals surface area contributed by atoms with Gasteiger partial charge in [0.25, 0.3) is 5.91 Å². The molecule has 2 amide bonds. The lowest BCUT2D eigenvalue weighted by Crippen LogP contribution is -2.47. The van der Waals surface area contributed by atoms with E-state index in [9.17, 15) is 9.59 Å². The molecule has 1 aliphatic heterocycles. The lowest BCUT2D eigenvalue weighted by molar-refractivity contribution is -0.127. The van der Waals surface area contributed by atoms with E-state index in [2.05, 4.69) is 46.3 Å². The number of hydrogen-bond donors (Lipinski definition) is 2. The van der Waals surface area contributed by atoms with Crippen molar-refractivity contribution in [2.24, 2.45) is 0 Å². The molecule has 0 saturated carbocycles. The first-order valence-electron chi connectivity index (χ1n) is 10.8. The van der Waals surface area contributed by atoms with E-state index in [4.69, 9.17) is 5.73 Å². The number of piperazine rings is 1. The maximum Gasteiger partial charge on any atom is 0.251 e. The smallest absolute Gasteiger partial charge is 0.251 e. The molecule has 31 heavy (non-hydrogen) atoms. The molecule has 0 atom stereocenters. The highest BCUT2D eigenvalue weighted by Gasteiger charge is 2.20. The number of carbonyl (C=O) groups excluding carboxylic acids is 2. The fourth-order valence-electron chi connectivity index (χ4n) is 3.87. The molecule has 7 heteroatoms. The van der Waals surface area contributed by atoms with Gasteiger partial charge in [0.05, 0.1) is 11.4 Å². The number of nitrogens with two attached hydrogens (primary N) is 1. The molecule has 1 aliphatic rings. The van der Waals surface area contributed by atoms with Crippen LogP contribution in [0.3, 0.4) is 0 Å². The third-order valence-corrected chi connectivity index (χ3v) is 5.86. The molecule has 3 N–H and O–H groups in total. The molecule has 3 rings (SSSR count). The molecule has 0 aliphatic carbocycles. The molecule has 0 unspecified atom stereocenters. The molecule has 2 aromatic rings. The fraction of sp³-hybridized carbons (Fsp3) is 0.417. The lowest BCUT2D eigenvalue weighted by Gasteiger charge is -2.38. The standard InChI is InChI=1S/C24H33N5O2/c1-18-7-4-5-8-22(18)28-13-15-29(16-14-28)23-10-9-20(17-21(23)25)24(31)26-11-6-12-27(3)19(2)30/h4-5,7-10,17H,6,11-16,25H2,1-3H3,(H,26,31). The molecule has 0 radical (unpaired) electrons. The van der Waals surface area contributed by atoms with Crippen LogP contribution in [0.15, 0.2) is 42.5 Å². The zero-order chi connectivity index (χ0) is 22.4. The molecule has 1 heterocycles. The number of nitrogen functional groups attached to an aromatic ring is 1. The molecule has 1 saturated heterocycles. The second-order valence-corrected chi connectivity index (χ2v) is 8.08. The largest absolute Gasteiger partial charge is 0.397 e. The van der Waals surface area contributed by atoms with Gasteiger partial charge in [0, 0.05) is 64.5 Å². The van der Waals surface area contributed by atoms with Crippen molar-refractivity contribution >= 4 is 28.9 Å². The number of nitrogens with one attached hydrogen (secondary N) is 1. The molecule has 0 spiro atoms. The van der Waals surface area contributed by atoms with Gasteiger partial charge >= 0.3 is 0 Å². The van der Waals surface area contributed by atoms with Gasteiger partial charge in [-0.1, -0.05) is 18.2 Å². The average Bonchev–Trinajstić information content (AvgIpc) is 2.77. The maximum absolute atomic E-state index is 12.4. The van der Waals surface area contributed by atoms with E-state index in [1.54, 1.807) is 18.0 Å². The van der Waals surface area contributed by atoms with Crippen molar-refractivity contribution in [3.63, 3.8) is 0 Å². The van der Waals surface area contributed by atoms with Crippen LogP contribution in [0.5, 0.6) is 0 Å². The van der Waals surface area contributed by atoms with Crippen molar-refractivity contribution in [2.45, 2.75) is 20.3 Å². The Hall–Kier alpha value is -3.22. The van der Waals surface area contributed by atoms with Crippen molar-refractivity contribution in [2.75, 3.05) is 61.8 Å². The minimum absolute atomic E-state index is 0.0226. The Morgan fingerprint density at radius 3 is 2.29 bits per heavy atom. The van der Waals surface area contributed by atoms with Gasteiger partial charge in [-0.05, 0) is 43.2 Å². The Balaban J connectivity index is 1.53. The van der Waals surface area contributed by atoms with E-state index in [1.165, 1.54) is 18.2 Å². The minimum Gasteiger partial charge on any atom is -0.397 e. The van der Waals surface area contributed by atoms with Crippen LogP contribution >= 0.6 is 0 Å². The summed E-state index contributed by atoms with van der Waals surface area (Å²) in [6.07, 6.45) is 0.709. The van der Waals surface area contributed by atoms with Crippen LogP contribution < -0.4 is 20.9 Å². The maximum atomic E-state index is 12.4. The quantitative estimate of drug-likeness (QED) is 0.528. The predicted octanol–water partition coefficient (Wildman–Crippen LogP) is 2.50. The van der Waals surface area contributed by atoms with Gasteiger partial charge in [0.2, 0.25) is 5.91 Å². The second-order valence-electron chi connectivity index (χ2n) is 8.08. The van der Waals surface area contributed by atoms with E-state index < -0.39 is 0 Å². The summed E-state index contributed by atoms with van der Waals surface area (Å²) in [5.74, 6) is -0.123. The van der Waals surface area contributed by atoms with Gasteiger partial charge in [-0.15, -0.1) is 0 Å². The highest BCUT2D eigenvalue weighted by atomic mass is 16.2. The highest BCUT2D eigenvalue weighted by molar-refractivity contribution is 5.96. The lowest BCUT2D eigenvalue weighted by atomic mass is 10.1. The third kappa shape index (κ3) is 5.69. The van der Waals surface area contributed by atoms with Crippen LogP contribution in [0.2, 0.25) is 0 Å². The SMILES string of the molecule is CC(=O)N(C)CCCNC(=O)c1ccc(N2CCN(c3ccccc3C)CC2)c(N)c1. The van der Waals surface area contributed by atoms with Gasteiger partial charge in [0.15, 0.2) is 0 Å². The number of rotatable bonds is 7. The van der Waals surface area contributed by atoms with Gasteiger partial charge in [-0.2, -0.15) is 0 Å². The van der Waals surface area contributed by atoms with Crippen LogP contribution in [0.25, 0.3) is 0 Å². The topological polar surface area (TPSA) is 81.9 Å². The Bertz CT molecular complexity index is 922.